The molecule has 0 aliphatic carbocycles. The van der Waals surface area contributed by atoms with Crippen molar-refractivity contribution < 1.29 is 4.42 Å². The van der Waals surface area contributed by atoms with Gasteiger partial charge in [-0.1, -0.05) is 18.2 Å². The largest absolute Gasteiger partial charge is 0.468 e. The summed E-state index contributed by atoms with van der Waals surface area (Å²) in [4.78, 5) is 30.9. The number of nitrogens with one attached hydrogen (secondary N) is 1. The van der Waals surface area contributed by atoms with Gasteiger partial charge in [0.15, 0.2) is 0 Å². The molecule has 0 radical (unpaired) electrons. The molecule has 1 unspecified atom stereocenters. The number of anilines is 3. The van der Waals surface area contributed by atoms with E-state index >= 15 is 0 Å². The van der Waals surface area contributed by atoms with Crippen LogP contribution in [0, 0.1) is 0 Å². The van der Waals surface area contributed by atoms with Crippen LogP contribution in [0.15, 0.2) is 62.7 Å². The van der Waals surface area contributed by atoms with E-state index < -0.39 is 5.43 Å². The third kappa shape index (κ3) is 3.78. The molecule has 7 heteroatoms. The lowest BCUT2D eigenvalue weighted by atomic mass is 10.1. The van der Waals surface area contributed by atoms with Crippen molar-refractivity contribution in [1.29, 1.82) is 0 Å². The number of piperazine rings is 1. The highest BCUT2D eigenvalue weighted by Gasteiger charge is 2.29. The van der Waals surface area contributed by atoms with Crippen molar-refractivity contribution in [2.45, 2.75) is 6.04 Å². The van der Waals surface area contributed by atoms with Crippen molar-refractivity contribution in [3.63, 3.8) is 0 Å². The van der Waals surface area contributed by atoms with Crippen molar-refractivity contribution in [3.8, 4) is 0 Å². The Bertz CT molecular complexity index is 999. The van der Waals surface area contributed by atoms with Crippen molar-refractivity contribution in [1.82, 2.24) is 4.90 Å². The maximum atomic E-state index is 12.3. The molecule has 1 aliphatic heterocycles. The maximum absolute atomic E-state index is 12.3. The first kappa shape index (κ1) is 19.3. The number of para-hydroxylation sites is 1. The summed E-state index contributed by atoms with van der Waals surface area (Å²) in [6.45, 7) is 3.54. The second kappa shape index (κ2) is 8.13. The smallest absolute Gasteiger partial charge is 0.253 e. The van der Waals surface area contributed by atoms with Gasteiger partial charge >= 0.3 is 0 Å². The summed E-state index contributed by atoms with van der Waals surface area (Å²) >= 11 is 0. The van der Waals surface area contributed by atoms with Crippen LogP contribution in [-0.2, 0) is 0 Å². The first-order chi connectivity index (χ1) is 14.1. The first-order valence-corrected chi connectivity index (χ1v) is 9.88. The Balaban J connectivity index is 1.43. The van der Waals surface area contributed by atoms with Gasteiger partial charge in [0.1, 0.15) is 17.1 Å². The van der Waals surface area contributed by atoms with Gasteiger partial charge in [-0.25, -0.2) is 0 Å². The fourth-order valence-electron chi connectivity index (χ4n) is 3.89. The molecule has 152 valence electrons. The summed E-state index contributed by atoms with van der Waals surface area (Å²) in [7, 11) is 3.92. The summed E-state index contributed by atoms with van der Waals surface area (Å²) < 4.78 is 5.52. The van der Waals surface area contributed by atoms with Gasteiger partial charge in [0.2, 0.25) is 0 Å². The molecule has 7 nitrogen and oxygen atoms in total. The molecule has 2 aromatic carbocycles. The Labute approximate surface area is 169 Å². The molecule has 0 saturated carbocycles. The quantitative estimate of drug-likeness (QED) is 0.614. The van der Waals surface area contributed by atoms with Crippen LogP contribution in [0.5, 0.6) is 0 Å². The molecule has 1 fully saturated rings. The second-order valence-corrected chi connectivity index (χ2v) is 7.57. The molecule has 0 spiro atoms. The van der Waals surface area contributed by atoms with E-state index in [0.717, 1.165) is 18.8 Å². The Kier molecular flexibility index (Phi) is 5.40. The summed E-state index contributed by atoms with van der Waals surface area (Å²) in [5.41, 5.74) is 1.33. The van der Waals surface area contributed by atoms with Gasteiger partial charge in [0.05, 0.1) is 12.3 Å². The first-order valence-electron chi connectivity index (χ1n) is 9.88. The van der Waals surface area contributed by atoms with Crippen LogP contribution < -0.4 is 26.0 Å². The Morgan fingerprint density at radius 3 is 2.28 bits per heavy atom. The molecular weight excluding hydrogens is 368 g/mol. The second-order valence-electron chi connectivity index (χ2n) is 7.57. The van der Waals surface area contributed by atoms with Gasteiger partial charge in [0.25, 0.3) is 10.9 Å². The molecule has 4 rings (SSSR count). The normalized spacial score (nSPS) is 15.8. The van der Waals surface area contributed by atoms with E-state index in [9.17, 15) is 9.59 Å². The van der Waals surface area contributed by atoms with Crippen LogP contribution in [-0.4, -0.2) is 51.7 Å². The average Bonchev–Trinajstić information content (AvgIpc) is 3.28. The zero-order valence-corrected chi connectivity index (χ0v) is 16.8. The van der Waals surface area contributed by atoms with Gasteiger partial charge in [-0.3, -0.25) is 14.5 Å². The molecule has 2 heterocycles. The fourth-order valence-corrected chi connectivity index (χ4v) is 3.89. The minimum atomic E-state index is -0.428. The molecule has 0 amide bonds. The maximum Gasteiger partial charge on any atom is 0.253 e. The van der Waals surface area contributed by atoms with E-state index in [-0.39, 0.29) is 11.5 Å². The van der Waals surface area contributed by atoms with Gasteiger partial charge in [-0.05, 0) is 38.4 Å². The molecule has 0 bridgehead atoms. The average molecular weight is 394 g/mol. The minimum absolute atomic E-state index is 0.0304. The highest BCUT2D eigenvalue weighted by atomic mass is 16.3. The van der Waals surface area contributed by atoms with Gasteiger partial charge < -0.3 is 19.5 Å². The van der Waals surface area contributed by atoms with E-state index in [1.165, 1.54) is 5.69 Å². The van der Waals surface area contributed by atoms with Crippen molar-refractivity contribution >= 4 is 17.1 Å². The standard InChI is InChI=1S/C22H26N4O3/c1-24(2)17(18-9-6-14-29-18)15-23-19-20(22(28)21(19)27)26-12-10-25(11-13-26)16-7-4-3-5-8-16/h3-9,14,17,23H,10-13,15H2,1-2H3. The van der Waals surface area contributed by atoms with Crippen molar-refractivity contribution in [2.75, 3.05) is 61.9 Å². The monoisotopic (exact) mass is 394 g/mol. The molecule has 1 N–H and O–H groups in total. The van der Waals surface area contributed by atoms with Crippen molar-refractivity contribution in [3.05, 3.63) is 74.9 Å². The Hall–Kier alpha value is -3.06. The van der Waals surface area contributed by atoms with Gasteiger partial charge in [-0.15, -0.1) is 0 Å². The number of benzene rings is 1. The number of hydrogen-bond donors (Lipinski definition) is 1. The number of hydrogen-bond acceptors (Lipinski definition) is 7. The Morgan fingerprint density at radius 1 is 0.966 bits per heavy atom. The minimum Gasteiger partial charge on any atom is -0.468 e. The third-order valence-electron chi connectivity index (χ3n) is 5.57. The predicted octanol–water partition coefficient (Wildman–Crippen LogP) is 1.92. The van der Waals surface area contributed by atoms with E-state index in [2.05, 4.69) is 22.3 Å². The van der Waals surface area contributed by atoms with Gasteiger partial charge in [-0.2, -0.15) is 0 Å². The highest BCUT2D eigenvalue weighted by molar-refractivity contribution is 5.75. The molecular formula is C22H26N4O3. The predicted molar refractivity (Wildman–Crippen MR) is 116 cm³/mol. The molecule has 29 heavy (non-hydrogen) atoms. The molecule has 1 aromatic heterocycles. The number of furan rings is 1. The SMILES string of the molecule is CN(C)C(CNc1c(N2CCN(c3ccccc3)CC2)c(=O)c1=O)c1ccco1. The third-order valence-corrected chi connectivity index (χ3v) is 5.57. The lowest BCUT2D eigenvalue weighted by molar-refractivity contribution is 0.269. The fraction of sp³-hybridized carbons (Fsp3) is 0.364. The van der Waals surface area contributed by atoms with Crippen LogP contribution in [0.3, 0.4) is 0 Å². The van der Waals surface area contributed by atoms with Crippen LogP contribution >= 0.6 is 0 Å². The molecule has 3 aromatic rings. The summed E-state index contributed by atoms with van der Waals surface area (Å²) in [5.74, 6) is 0.819. The molecule has 1 aliphatic rings. The van der Waals surface area contributed by atoms with Crippen LogP contribution in [0.2, 0.25) is 0 Å². The van der Waals surface area contributed by atoms with Gasteiger partial charge in [0, 0.05) is 38.4 Å². The highest BCUT2D eigenvalue weighted by Crippen LogP contribution is 2.25. The van der Waals surface area contributed by atoms with Crippen LogP contribution in [0.4, 0.5) is 17.1 Å². The Morgan fingerprint density at radius 2 is 1.66 bits per heavy atom. The summed E-state index contributed by atoms with van der Waals surface area (Å²) in [6.07, 6.45) is 1.64. The van der Waals surface area contributed by atoms with E-state index in [1.54, 1.807) is 6.26 Å². The van der Waals surface area contributed by atoms with Crippen LogP contribution in [0.25, 0.3) is 0 Å². The molecule has 1 atom stereocenters. The van der Waals surface area contributed by atoms with E-state index in [0.29, 0.717) is 31.0 Å². The zero-order valence-electron chi connectivity index (χ0n) is 16.8. The summed E-state index contributed by atoms with van der Waals surface area (Å²) in [5, 5.41) is 3.21. The van der Waals surface area contributed by atoms with Crippen LogP contribution in [0.1, 0.15) is 11.8 Å². The number of likely N-dealkylation sites (N-methyl/N-ethyl adjacent to an activating group) is 1. The summed E-state index contributed by atoms with van der Waals surface area (Å²) in [6, 6.07) is 14.0. The number of rotatable bonds is 7. The van der Waals surface area contributed by atoms with Crippen molar-refractivity contribution in [2.24, 2.45) is 0 Å². The van der Waals surface area contributed by atoms with E-state index in [4.69, 9.17) is 4.42 Å². The number of nitrogens with zero attached hydrogens (tertiary/aromatic N) is 3. The van der Waals surface area contributed by atoms with E-state index in [1.807, 2.05) is 54.2 Å². The lowest BCUT2D eigenvalue weighted by Crippen LogP contribution is -2.51. The lowest BCUT2D eigenvalue weighted by Gasteiger charge is -2.38. The topological polar surface area (TPSA) is 69.0 Å². The zero-order chi connectivity index (χ0) is 20.4. The molecule has 1 saturated heterocycles.